The second kappa shape index (κ2) is 4.18. The number of anilines is 1. The van der Waals surface area contributed by atoms with Crippen LogP contribution in [0.1, 0.15) is 25.5 Å². The van der Waals surface area contributed by atoms with Crippen LogP contribution in [-0.2, 0) is 10.0 Å². The molecule has 80 valence electrons. The fourth-order valence-electron chi connectivity index (χ4n) is 0.871. The van der Waals surface area contributed by atoms with E-state index in [1.165, 1.54) is 0 Å². The number of aromatic nitrogens is 2. The maximum absolute atomic E-state index is 11.1. The van der Waals surface area contributed by atoms with Gasteiger partial charge in [-0.25, -0.2) is 8.42 Å². The van der Waals surface area contributed by atoms with E-state index in [1.54, 1.807) is 6.07 Å². The summed E-state index contributed by atoms with van der Waals surface area (Å²) in [6.07, 6.45) is 0. The zero-order valence-corrected chi connectivity index (χ0v) is 9.48. The molecule has 0 radical (unpaired) electrons. The number of nitrogens with one attached hydrogen (secondary N) is 2. The van der Waals surface area contributed by atoms with Crippen LogP contribution in [0.3, 0.4) is 0 Å². The molecule has 1 aromatic heterocycles. The number of sulfonamides is 1. The molecule has 1 aromatic rings. The first-order valence-electron chi connectivity index (χ1n) is 4.06. The lowest BCUT2D eigenvalue weighted by Crippen LogP contribution is -2.13. The number of aromatic amines is 1. The largest absolute Gasteiger partial charge is 0.280 e. The van der Waals surface area contributed by atoms with Crippen molar-refractivity contribution >= 4 is 27.4 Å². The molecule has 1 rings (SSSR count). The second-order valence-corrected chi connectivity index (χ2v) is 5.50. The molecule has 14 heavy (non-hydrogen) atoms. The highest BCUT2D eigenvalue weighted by Gasteiger charge is 2.11. The molecule has 0 aromatic carbocycles. The van der Waals surface area contributed by atoms with Gasteiger partial charge in [0.25, 0.3) is 0 Å². The smallest absolute Gasteiger partial charge is 0.248 e. The Hall–Kier alpha value is -0.750. The number of hydrogen-bond donors (Lipinski definition) is 2. The summed E-state index contributed by atoms with van der Waals surface area (Å²) in [4.78, 5) is 0. The standard InChI is InChI=1S/C7H12ClN3O2S/c1-5(2)6-3-7(10-9-6)11-14(12,13)4-8/h3,5H,4H2,1-2H3,(H2,9,10,11). The van der Waals surface area contributed by atoms with Gasteiger partial charge >= 0.3 is 0 Å². The van der Waals surface area contributed by atoms with Crippen LogP contribution in [0, 0.1) is 0 Å². The highest BCUT2D eigenvalue weighted by molar-refractivity contribution is 7.93. The molecule has 0 bridgehead atoms. The Balaban J connectivity index is 2.79. The predicted octanol–water partition coefficient (Wildman–Crippen LogP) is 1.47. The lowest BCUT2D eigenvalue weighted by atomic mass is 10.1. The maximum atomic E-state index is 11.1. The van der Waals surface area contributed by atoms with E-state index in [9.17, 15) is 8.42 Å². The van der Waals surface area contributed by atoms with Crippen LogP contribution in [0.25, 0.3) is 0 Å². The van der Waals surface area contributed by atoms with Crippen molar-refractivity contribution in [1.82, 2.24) is 10.2 Å². The van der Waals surface area contributed by atoms with Gasteiger partial charge in [0, 0.05) is 11.8 Å². The zero-order valence-electron chi connectivity index (χ0n) is 7.91. The van der Waals surface area contributed by atoms with Gasteiger partial charge in [0.15, 0.2) is 5.82 Å². The van der Waals surface area contributed by atoms with E-state index in [0.29, 0.717) is 0 Å². The summed E-state index contributed by atoms with van der Waals surface area (Å²) in [6, 6.07) is 1.65. The SMILES string of the molecule is CC(C)c1cc(NS(=O)(=O)CCl)n[nH]1. The molecule has 0 fully saturated rings. The molecule has 0 spiro atoms. The summed E-state index contributed by atoms with van der Waals surface area (Å²) in [5.74, 6) is 0.547. The number of rotatable bonds is 4. The molecule has 7 heteroatoms. The lowest BCUT2D eigenvalue weighted by Gasteiger charge is -1.99. The average molecular weight is 238 g/mol. The monoisotopic (exact) mass is 237 g/mol. The van der Waals surface area contributed by atoms with Crippen LogP contribution in [0.2, 0.25) is 0 Å². The van der Waals surface area contributed by atoms with Gasteiger partial charge in [-0.2, -0.15) is 5.10 Å². The molecule has 1 heterocycles. The zero-order chi connectivity index (χ0) is 10.8. The molecule has 0 aliphatic rings. The summed E-state index contributed by atoms with van der Waals surface area (Å²) in [6.45, 7) is 3.96. The van der Waals surface area contributed by atoms with E-state index in [0.717, 1.165) is 5.69 Å². The second-order valence-electron chi connectivity index (χ2n) is 3.19. The third-order valence-electron chi connectivity index (χ3n) is 1.62. The van der Waals surface area contributed by atoms with Crippen molar-refractivity contribution in [3.8, 4) is 0 Å². The fraction of sp³-hybridized carbons (Fsp3) is 0.571. The summed E-state index contributed by atoms with van der Waals surface area (Å²) in [7, 11) is -3.45. The van der Waals surface area contributed by atoms with E-state index in [1.807, 2.05) is 13.8 Å². The van der Waals surface area contributed by atoms with Crippen LogP contribution in [0.4, 0.5) is 5.82 Å². The van der Waals surface area contributed by atoms with Gasteiger partial charge < -0.3 is 0 Å². The molecule has 0 unspecified atom stereocenters. The molecule has 0 saturated heterocycles. The van der Waals surface area contributed by atoms with Gasteiger partial charge in [-0.1, -0.05) is 13.8 Å². The summed E-state index contributed by atoms with van der Waals surface area (Å²) < 4.78 is 24.3. The lowest BCUT2D eigenvalue weighted by molar-refractivity contribution is 0.605. The van der Waals surface area contributed by atoms with Crippen LogP contribution in [0.15, 0.2) is 6.07 Å². The topological polar surface area (TPSA) is 74.8 Å². The van der Waals surface area contributed by atoms with Crippen molar-refractivity contribution in [1.29, 1.82) is 0 Å². The number of halogens is 1. The molecular formula is C7H12ClN3O2S. The van der Waals surface area contributed by atoms with Gasteiger partial charge in [0.2, 0.25) is 10.0 Å². The van der Waals surface area contributed by atoms with Crippen LogP contribution < -0.4 is 4.72 Å². The molecule has 0 amide bonds. The molecule has 0 saturated carbocycles. The molecule has 5 nitrogen and oxygen atoms in total. The first-order valence-corrected chi connectivity index (χ1v) is 6.25. The van der Waals surface area contributed by atoms with E-state index in [-0.39, 0.29) is 11.7 Å². The molecule has 0 aliphatic heterocycles. The van der Waals surface area contributed by atoms with Crippen molar-refractivity contribution in [2.45, 2.75) is 19.8 Å². The molecule has 0 aliphatic carbocycles. The Morgan fingerprint density at radius 3 is 2.71 bits per heavy atom. The quantitative estimate of drug-likeness (QED) is 0.779. The number of H-pyrrole nitrogens is 1. The van der Waals surface area contributed by atoms with Crippen molar-refractivity contribution in [3.05, 3.63) is 11.8 Å². The Labute approximate surface area is 87.9 Å². The third kappa shape index (κ3) is 2.88. The van der Waals surface area contributed by atoms with E-state index < -0.39 is 15.2 Å². The van der Waals surface area contributed by atoms with E-state index in [2.05, 4.69) is 14.9 Å². The molecular weight excluding hydrogens is 226 g/mol. The first kappa shape index (κ1) is 11.3. The highest BCUT2D eigenvalue weighted by atomic mass is 35.5. The van der Waals surface area contributed by atoms with Gasteiger partial charge in [0.05, 0.1) is 0 Å². The summed E-state index contributed by atoms with van der Waals surface area (Å²) in [5.41, 5.74) is 0.872. The fourth-order valence-corrected chi connectivity index (χ4v) is 1.51. The van der Waals surface area contributed by atoms with Gasteiger partial charge in [-0.15, -0.1) is 11.6 Å². The minimum Gasteiger partial charge on any atom is -0.280 e. The Kier molecular flexibility index (Phi) is 3.38. The number of hydrogen-bond acceptors (Lipinski definition) is 3. The van der Waals surface area contributed by atoms with Crippen LogP contribution in [0.5, 0.6) is 0 Å². The highest BCUT2D eigenvalue weighted by Crippen LogP contribution is 2.15. The number of alkyl halides is 1. The van der Waals surface area contributed by atoms with Crippen LogP contribution >= 0.6 is 11.6 Å². The van der Waals surface area contributed by atoms with E-state index >= 15 is 0 Å². The van der Waals surface area contributed by atoms with Crippen molar-refractivity contribution in [2.75, 3.05) is 9.93 Å². The van der Waals surface area contributed by atoms with Crippen molar-refractivity contribution in [2.24, 2.45) is 0 Å². The van der Waals surface area contributed by atoms with Gasteiger partial charge in [-0.05, 0) is 5.92 Å². The molecule has 0 atom stereocenters. The minimum atomic E-state index is -3.45. The van der Waals surface area contributed by atoms with Gasteiger partial charge in [-0.3, -0.25) is 9.82 Å². The summed E-state index contributed by atoms with van der Waals surface area (Å²) in [5, 5.41) is 6.05. The van der Waals surface area contributed by atoms with E-state index in [4.69, 9.17) is 11.6 Å². The van der Waals surface area contributed by atoms with Crippen LogP contribution in [-0.4, -0.2) is 23.8 Å². The Morgan fingerprint density at radius 1 is 1.64 bits per heavy atom. The normalized spacial score (nSPS) is 12.0. The molecule has 2 N–H and O–H groups in total. The third-order valence-corrected chi connectivity index (χ3v) is 3.29. The van der Waals surface area contributed by atoms with Gasteiger partial charge in [0.1, 0.15) is 5.21 Å². The van der Waals surface area contributed by atoms with Crippen molar-refractivity contribution < 1.29 is 8.42 Å². The maximum Gasteiger partial charge on any atom is 0.248 e. The number of nitrogens with zero attached hydrogens (tertiary/aromatic N) is 1. The Morgan fingerprint density at radius 2 is 2.29 bits per heavy atom. The summed E-state index contributed by atoms with van der Waals surface area (Å²) >= 11 is 5.22. The Bertz CT molecular complexity index is 399. The first-order chi connectivity index (χ1) is 6.44. The predicted molar refractivity (Wildman–Crippen MR) is 55.9 cm³/mol. The van der Waals surface area contributed by atoms with Crippen molar-refractivity contribution in [3.63, 3.8) is 0 Å². The minimum absolute atomic E-state index is 0.273. The average Bonchev–Trinajstić information content (AvgIpc) is 2.52.